The van der Waals surface area contributed by atoms with Crippen LogP contribution in [0.25, 0.3) is 0 Å². The van der Waals surface area contributed by atoms with Crippen molar-refractivity contribution in [2.45, 2.75) is 17.7 Å². The molecule has 1 fully saturated rings. The molecule has 0 bridgehead atoms. The topological polar surface area (TPSA) is 82.0 Å². The summed E-state index contributed by atoms with van der Waals surface area (Å²) in [7, 11) is -3.92. The van der Waals surface area contributed by atoms with Crippen molar-refractivity contribution in [3.05, 3.63) is 77.8 Å². The monoisotopic (exact) mass is 425 g/mol. The Morgan fingerprint density at radius 3 is 2.77 bits per heavy atom. The van der Waals surface area contributed by atoms with E-state index in [1.807, 2.05) is 23.1 Å². The molecular formula is C23H27N3O3S. The summed E-state index contributed by atoms with van der Waals surface area (Å²) < 4.78 is 27.3. The van der Waals surface area contributed by atoms with Crippen LogP contribution in [0.1, 0.15) is 12.8 Å². The van der Waals surface area contributed by atoms with E-state index in [2.05, 4.69) is 16.9 Å². The van der Waals surface area contributed by atoms with Crippen LogP contribution in [0.2, 0.25) is 0 Å². The Kier molecular flexibility index (Phi) is 7.43. The number of nitrogens with zero attached hydrogens (tertiary/aromatic N) is 2. The van der Waals surface area contributed by atoms with Crippen LogP contribution in [0.4, 0.5) is 5.69 Å². The number of benzene rings is 1. The minimum Gasteiger partial charge on any atom is -0.506 e. The smallest absolute Gasteiger partial charge is 0.209 e. The molecule has 1 aliphatic heterocycles. The summed E-state index contributed by atoms with van der Waals surface area (Å²) in [5, 5.41) is 13.7. The summed E-state index contributed by atoms with van der Waals surface area (Å²) >= 11 is 0. The summed E-state index contributed by atoms with van der Waals surface area (Å²) in [4.78, 5) is 6.56. The fraction of sp³-hybridized carbons (Fsp3) is 0.261. The first-order chi connectivity index (χ1) is 14.5. The number of hydrogen-bond acceptors (Lipinski definition) is 5. The lowest BCUT2D eigenvalue weighted by atomic mass is 10.1. The van der Waals surface area contributed by atoms with Crippen molar-refractivity contribution in [1.82, 2.24) is 10.2 Å². The van der Waals surface area contributed by atoms with Crippen molar-refractivity contribution in [3.63, 3.8) is 0 Å². The molecule has 6 nitrogen and oxygen atoms in total. The predicted molar refractivity (Wildman–Crippen MR) is 122 cm³/mol. The SMILES string of the molecule is C=CC/C=C\C(=C1\C=CC=CC1)S(=O)(=O)c1cccc(O)c1N=CN1CCNCC1. The van der Waals surface area contributed by atoms with E-state index in [0.717, 1.165) is 26.2 Å². The van der Waals surface area contributed by atoms with Gasteiger partial charge in [0, 0.05) is 26.2 Å². The van der Waals surface area contributed by atoms with Crippen molar-refractivity contribution in [1.29, 1.82) is 0 Å². The minimum absolute atomic E-state index is 0.0115. The first-order valence-electron chi connectivity index (χ1n) is 9.94. The number of phenols is 1. The molecule has 0 aromatic heterocycles. The molecule has 0 spiro atoms. The highest BCUT2D eigenvalue weighted by Crippen LogP contribution is 2.38. The number of aromatic hydroxyl groups is 1. The number of nitrogens with one attached hydrogen (secondary N) is 1. The largest absolute Gasteiger partial charge is 0.506 e. The van der Waals surface area contributed by atoms with Gasteiger partial charge in [0.25, 0.3) is 0 Å². The molecule has 1 aromatic carbocycles. The number of piperazine rings is 1. The first kappa shape index (κ1) is 21.8. The van der Waals surface area contributed by atoms with E-state index in [0.29, 0.717) is 18.4 Å². The van der Waals surface area contributed by atoms with Gasteiger partial charge in [-0.3, -0.25) is 0 Å². The van der Waals surface area contributed by atoms with E-state index in [1.165, 1.54) is 18.2 Å². The second-order valence-electron chi connectivity index (χ2n) is 6.97. The Morgan fingerprint density at radius 1 is 1.27 bits per heavy atom. The number of phenolic OH excluding ortho intramolecular Hbond substituents is 1. The molecule has 1 heterocycles. The fourth-order valence-electron chi connectivity index (χ4n) is 3.25. The maximum absolute atomic E-state index is 13.6. The lowest BCUT2D eigenvalue weighted by Crippen LogP contribution is -2.42. The van der Waals surface area contributed by atoms with Gasteiger partial charge in [0.15, 0.2) is 0 Å². The van der Waals surface area contributed by atoms with E-state index in [9.17, 15) is 13.5 Å². The lowest BCUT2D eigenvalue weighted by Gasteiger charge is -2.25. The number of allylic oxidation sites excluding steroid dienone is 8. The number of sulfone groups is 1. The molecule has 1 aromatic rings. The maximum atomic E-state index is 13.6. The summed E-state index contributed by atoms with van der Waals surface area (Å²) in [6.07, 6.45) is 15.2. The predicted octanol–water partition coefficient (Wildman–Crippen LogP) is 3.63. The second kappa shape index (κ2) is 10.2. The van der Waals surface area contributed by atoms with Gasteiger partial charge < -0.3 is 15.3 Å². The van der Waals surface area contributed by atoms with Crippen molar-refractivity contribution in [2.24, 2.45) is 4.99 Å². The number of rotatable bonds is 7. The average Bonchev–Trinajstić information content (AvgIpc) is 2.77. The van der Waals surface area contributed by atoms with E-state index < -0.39 is 9.84 Å². The number of hydrogen-bond donors (Lipinski definition) is 2. The summed E-state index contributed by atoms with van der Waals surface area (Å²) in [6, 6.07) is 4.47. The van der Waals surface area contributed by atoms with Crippen LogP contribution in [-0.4, -0.2) is 50.9 Å². The summed E-state index contributed by atoms with van der Waals surface area (Å²) in [5.41, 5.74) is 0.750. The second-order valence-corrected chi connectivity index (χ2v) is 8.85. The van der Waals surface area contributed by atoms with Crippen LogP contribution < -0.4 is 5.32 Å². The van der Waals surface area contributed by atoms with Crippen molar-refractivity contribution >= 4 is 21.9 Å². The highest BCUT2D eigenvalue weighted by molar-refractivity contribution is 7.95. The minimum atomic E-state index is -3.92. The van der Waals surface area contributed by atoms with E-state index in [4.69, 9.17) is 0 Å². The van der Waals surface area contributed by atoms with Crippen molar-refractivity contribution in [2.75, 3.05) is 26.2 Å². The molecule has 7 heteroatoms. The van der Waals surface area contributed by atoms with Gasteiger partial charge in [-0.15, -0.1) is 6.58 Å². The van der Waals surface area contributed by atoms with Crippen molar-refractivity contribution < 1.29 is 13.5 Å². The van der Waals surface area contributed by atoms with Gasteiger partial charge in [0.05, 0.1) is 11.2 Å². The van der Waals surface area contributed by atoms with Gasteiger partial charge in [-0.25, -0.2) is 13.4 Å². The van der Waals surface area contributed by atoms with Crippen LogP contribution in [0.15, 0.2) is 87.7 Å². The molecule has 2 N–H and O–H groups in total. The molecule has 2 aliphatic rings. The third-order valence-electron chi connectivity index (χ3n) is 4.83. The molecule has 0 amide bonds. The summed E-state index contributed by atoms with van der Waals surface area (Å²) in [6.45, 7) is 6.90. The average molecular weight is 426 g/mol. The molecule has 30 heavy (non-hydrogen) atoms. The molecule has 0 unspecified atom stereocenters. The Hall–Kier alpha value is -2.90. The van der Waals surface area contributed by atoms with Crippen LogP contribution in [0, 0.1) is 0 Å². The van der Waals surface area contributed by atoms with Gasteiger partial charge in [-0.2, -0.15) is 0 Å². The van der Waals surface area contributed by atoms with E-state index >= 15 is 0 Å². The maximum Gasteiger partial charge on any atom is 0.209 e. The highest BCUT2D eigenvalue weighted by Gasteiger charge is 2.26. The van der Waals surface area contributed by atoms with Gasteiger partial charge in [-0.1, -0.05) is 42.5 Å². The zero-order valence-electron chi connectivity index (χ0n) is 16.9. The third-order valence-corrected chi connectivity index (χ3v) is 6.72. The fourth-order valence-corrected chi connectivity index (χ4v) is 4.93. The van der Waals surface area contributed by atoms with Crippen LogP contribution in [-0.2, 0) is 9.84 Å². The van der Waals surface area contributed by atoms with Crippen LogP contribution >= 0.6 is 0 Å². The normalized spacial score (nSPS) is 19.0. The van der Waals surface area contributed by atoms with Crippen molar-refractivity contribution in [3.8, 4) is 5.75 Å². The molecule has 0 atom stereocenters. The molecule has 1 saturated heterocycles. The zero-order chi connectivity index (χ0) is 21.4. The lowest BCUT2D eigenvalue weighted by molar-refractivity contribution is 0.366. The number of para-hydroxylation sites is 1. The van der Waals surface area contributed by atoms with Crippen LogP contribution in [0.5, 0.6) is 5.75 Å². The Labute approximate surface area is 178 Å². The third kappa shape index (κ3) is 5.17. The number of aliphatic imine (C=N–C) groups is 1. The standard InChI is InChI=1S/C23H27N3O3S/c1-2-3-5-12-21(19-9-6-4-7-10-19)30(28,29)22-13-8-11-20(27)23(22)25-18-26-16-14-24-15-17-26/h2,4-9,11-13,18,24,27H,1,3,10,14-17H2/b12-5-,21-19+,25-18?. The molecule has 0 radical (unpaired) electrons. The van der Waals surface area contributed by atoms with Gasteiger partial charge in [-0.05, 0) is 36.6 Å². The molecule has 1 aliphatic carbocycles. The van der Waals surface area contributed by atoms with Gasteiger partial charge in [0.2, 0.25) is 9.84 Å². The van der Waals surface area contributed by atoms with E-state index in [-0.39, 0.29) is 21.2 Å². The zero-order valence-corrected chi connectivity index (χ0v) is 17.7. The van der Waals surface area contributed by atoms with Gasteiger partial charge in [0.1, 0.15) is 16.3 Å². The van der Waals surface area contributed by atoms with E-state index in [1.54, 1.807) is 30.6 Å². The molecule has 158 valence electrons. The van der Waals surface area contributed by atoms with Gasteiger partial charge >= 0.3 is 0 Å². The first-order valence-corrected chi connectivity index (χ1v) is 11.4. The highest BCUT2D eigenvalue weighted by atomic mass is 32.2. The Morgan fingerprint density at radius 2 is 2.07 bits per heavy atom. The Bertz CT molecular complexity index is 1030. The van der Waals surface area contributed by atoms with Crippen LogP contribution in [0.3, 0.4) is 0 Å². The molecule has 0 saturated carbocycles. The Balaban J connectivity index is 2.06. The molecular weight excluding hydrogens is 398 g/mol. The summed E-state index contributed by atoms with van der Waals surface area (Å²) in [5.74, 6) is -0.166. The quantitative estimate of drug-likeness (QED) is 0.396. The molecule has 3 rings (SSSR count).